The van der Waals surface area contributed by atoms with Crippen molar-refractivity contribution in [1.82, 2.24) is 4.57 Å². The second kappa shape index (κ2) is 27.1. The molecule has 1 heterocycles. The highest BCUT2D eigenvalue weighted by atomic mass is 15.1. The van der Waals surface area contributed by atoms with Crippen LogP contribution in [-0.2, 0) is 23.7 Å². The van der Waals surface area contributed by atoms with Crippen LogP contribution in [0.15, 0.2) is 140 Å². The van der Waals surface area contributed by atoms with Gasteiger partial charge in [0.1, 0.15) is 0 Å². The SMILES string of the molecule is CCCCCCCCC1(CCCCCCCC)c2cc(C)ccc2-c2c1ccc1c2c2ccccc2n1-c1cc(CCCCCC)c(-c2ccc(N(c3ccc(C)cc3)c3ccc(C(C)(C)C)cc3)cc2)cc1CCCCCC. The molecule has 0 atom stereocenters. The van der Waals surface area contributed by atoms with Gasteiger partial charge >= 0.3 is 0 Å². The molecular formula is C77H98N2. The lowest BCUT2D eigenvalue weighted by molar-refractivity contribution is 0.398. The Morgan fingerprint density at radius 1 is 0.430 bits per heavy atom. The van der Waals surface area contributed by atoms with Gasteiger partial charge in [-0.1, -0.05) is 254 Å². The average molecular weight is 1050 g/mol. The zero-order valence-corrected chi connectivity index (χ0v) is 50.6. The van der Waals surface area contributed by atoms with E-state index in [9.17, 15) is 0 Å². The monoisotopic (exact) mass is 1050 g/mol. The number of aryl methyl sites for hydroxylation is 4. The Balaban J connectivity index is 1.20. The molecule has 1 aliphatic carbocycles. The Labute approximate surface area is 479 Å². The number of hydrogen-bond donors (Lipinski definition) is 0. The zero-order valence-electron chi connectivity index (χ0n) is 50.6. The predicted molar refractivity (Wildman–Crippen MR) is 347 cm³/mol. The molecule has 0 radical (unpaired) electrons. The minimum Gasteiger partial charge on any atom is -0.311 e. The summed E-state index contributed by atoms with van der Waals surface area (Å²) >= 11 is 0. The Morgan fingerprint density at radius 2 is 0.949 bits per heavy atom. The van der Waals surface area contributed by atoms with Crippen LogP contribution in [0.5, 0.6) is 0 Å². The lowest BCUT2D eigenvalue weighted by Gasteiger charge is -2.33. The van der Waals surface area contributed by atoms with Crippen molar-refractivity contribution in [3.05, 3.63) is 178 Å². The number of unbranched alkanes of at least 4 members (excludes halogenated alkanes) is 16. The third-order valence-corrected chi connectivity index (χ3v) is 18.1. The summed E-state index contributed by atoms with van der Waals surface area (Å²) in [6, 6.07) is 55.3. The summed E-state index contributed by atoms with van der Waals surface area (Å²) in [6.07, 6.45) is 30.5. The number of benzene rings is 7. The van der Waals surface area contributed by atoms with E-state index in [1.54, 1.807) is 11.1 Å². The summed E-state index contributed by atoms with van der Waals surface area (Å²) in [5, 5.41) is 2.85. The number of fused-ring (bicyclic) bond motifs is 7. The molecular weight excluding hydrogens is 953 g/mol. The van der Waals surface area contributed by atoms with Crippen LogP contribution in [0.4, 0.5) is 17.1 Å². The minimum absolute atomic E-state index is 0.0327. The van der Waals surface area contributed by atoms with Gasteiger partial charge in [-0.2, -0.15) is 0 Å². The number of hydrogen-bond acceptors (Lipinski definition) is 1. The predicted octanol–water partition coefficient (Wildman–Crippen LogP) is 23.8. The molecule has 0 saturated heterocycles. The van der Waals surface area contributed by atoms with Crippen molar-refractivity contribution in [2.45, 2.75) is 227 Å². The van der Waals surface area contributed by atoms with E-state index in [-0.39, 0.29) is 10.8 Å². The molecule has 1 aromatic heterocycles. The molecule has 0 spiro atoms. The molecule has 416 valence electrons. The topological polar surface area (TPSA) is 8.17 Å². The van der Waals surface area contributed by atoms with Crippen LogP contribution in [0.1, 0.15) is 229 Å². The van der Waals surface area contributed by atoms with Gasteiger partial charge in [0.05, 0.1) is 11.0 Å². The molecule has 2 nitrogen and oxygen atoms in total. The maximum Gasteiger partial charge on any atom is 0.0547 e. The first-order valence-electron chi connectivity index (χ1n) is 31.9. The first-order valence-corrected chi connectivity index (χ1v) is 31.9. The van der Waals surface area contributed by atoms with E-state index in [0.29, 0.717) is 0 Å². The highest BCUT2D eigenvalue weighted by Crippen LogP contribution is 2.58. The first kappa shape index (κ1) is 57.8. The van der Waals surface area contributed by atoms with Gasteiger partial charge in [-0.05, 0) is 169 Å². The van der Waals surface area contributed by atoms with Crippen LogP contribution in [0.2, 0.25) is 0 Å². The standard InChI is InChI=1S/C77H98N2/c1-10-14-18-22-24-30-52-77(53-31-25-23-19-15-11-2)69-50-51-72-75(74(69)66-49-38-58(6)54-70(66)77)67-34-28-29-35-71(67)79(72)73-56-60(32-26-20-16-12-3)68(55-61(73)33-27-21-17-13-4)59-39-45-64(46-40-59)78(63-43-36-57(5)37-44-63)65-47-41-62(42-48-65)76(7,8)9/h28-29,34-51,54-56H,10-27,30-33,52-53H2,1-9H3. The van der Waals surface area contributed by atoms with Crippen molar-refractivity contribution in [1.29, 1.82) is 0 Å². The van der Waals surface area contributed by atoms with E-state index < -0.39 is 0 Å². The van der Waals surface area contributed by atoms with Crippen LogP contribution in [0, 0.1) is 13.8 Å². The summed E-state index contributed by atoms with van der Waals surface area (Å²) < 4.78 is 2.72. The quantitative estimate of drug-likeness (QED) is 0.0424. The Kier molecular flexibility index (Phi) is 19.8. The van der Waals surface area contributed by atoms with Crippen LogP contribution < -0.4 is 4.90 Å². The van der Waals surface area contributed by atoms with E-state index in [1.807, 2.05) is 0 Å². The van der Waals surface area contributed by atoms with Crippen LogP contribution in [0.25, 0.3) is 49.7 Å². The molecule has 0 unspecified atom stereocenters. The average Bonchev–Trinajstić information content (AvgIpc) is 4.12. The number of anilines is 3. The van der Waals surface area contributed by atoms with Crippen molar-refractivity contribution in [3.63, 3.8) is 0 Å². The molecule has 0 aliphatic heterocycles. The third-order valence-electron chi connectivity index (χ3n) is 18.1. The summed E-state index contributed by atoms with van der Waals surface area (Å²) in [5.74, 6) is 0. The molecule has 0 N–H and O–H groups in total. The van der Waals surface area contributed by atoms with Gasteiger partial charge in [0, 0.05) is 38.9 Å². The zero-order chi connectivity index (χ0) is 55.4. The Morgan fingerprint density at radius 3 is 1.54 bits per heavy atom. The molecule has 1 aliphatic rings. The van der Waals surface area contributed by atoms with E-state index in [1.165, 1.54) is 236 Å². The van der Waals surface area contributed by atoms with Crippen molar-refractivity contribution in [2.75, 3.05) is 4.90 Å². The van der Waals surface area contributed by atoms with Crippen molar-refractivity contribution in [2.24, 2.45) is 0 Å². The fourth-order valence-electron chi connectivity index (χ4n) is 13.6. The van der Waals surface area contributed by atoms with Gasteiger partial charge in [-0.3, -0.25) is 0 Å². The molecule has 79 heavy (non-hydrogen) atoms. The Hall–Kier alpha value is -5.86. The number of para-hydroxylation sites is 1. The van der Waals surface area contributed by atoms with Crippen molar-refractivity contribution >= 4 is 38.9 Å². The molecule has 0 fully saturated rings. The number of rotatable bonds is 29. The second-order valence-corrected chi connectivity index (χ2v) is 25.2. The van der Waals surface area contributed by atoms with E-state index in [2.05, 4.69) is 211 Å². The van der Waals surface area contributed by atoms with E-state index >= 15 is 0 Å². The summed E-state index contributed by atoms with van der Waals surface area (Å²) in [6.45, 7) is 20.8. The van der Waals surface area contributed by atoms with Gasteiger partial charge in [-0.15, -0.1) is 0 Å². The fraction of sp³-hybridized carbons (Fsp3) is 0.455. The Bertz CT molecular complexity index is 3190. The molecule has 8 aromatic rings. The van der Waals surface area contributed by atoms with Gasteiger partial charge in [-0.25, -0.2) is 0 Å². The van der Waals surface area contributed by atoms with Gasteiger partial charge < -0.3 is 9.47 Å². The van der Waals surface area contributed by atoms with Crippen LogP contribution in [-0.4, -0.2) is 4.57 Å². The van der Waals surface area contributed by atoms with Crippen molar-refractivity contribution in [3.8, 4) is 27.9 Å². The normalized spacial score (nSPS) is 12.9. The van der Waals surface area contributed by atoms with Crippen LogP contribution in [0.3, 0.4) is 0 Å². The highest BCUT2D eigenvalue weighted by Gasteiger charge is 2.44. The third kappa shape index (κ3) is 13.0. The second-order valence-electron chi connectivity index (χ2n) is 25.2. The largest absolute Gasteiger partial charge is 0.311 e. The maximum atomic E-state index is 2.72. The molecule has 2 heteroatoms. The van der Waals surface area contributed by atoms with Gasteiger partial charge in [0.15, 0.2) is 0 Å². The highest BCUT2D eigenvalue weighted by molar-refractivity contribution is 6.18. The lowest BCUT2D eigenvalue weighted by atomic mass is 9.70. The smallest absolute Gasteiger partial charge is 0.0547 e. The first-order chi connectivity index (χ1) is 38.5. The molecule has 9 rings (SSSR count). The summed E-state index contributed by atoms with van der Waals surface area (Å²) in [5.41, 5.74) is 23.6. The van der Waals surface area contributed by atoms with Crippen LogP contribution >= 0.6 is 0 Å². The van der Waals surface area contributed by atoms with Gasteiger partial charge in [0.2, 0.25) is 0 Å². The molecule has 0 amide bonds. The summed E-state index contributed by atoms with van der Waals surface area (Å²) in [4.78, 5) is 2.43. The molecule has 0 bridgehead atoms. The minimum atomic E-state index is 0.0327. The number of nitrogens with zero attached hydrogens (tertiary/aromatic N) is 2. The lowest BCUT2D eigenvalue weighted by Crippen LogP contribution is -2.25. The van der Waals surface area contributed by atoms with Crippen molar-refractivity contribution < 1.29 is 0 Å². The number of aromatic nitrogens is 1. The van der Waals surface area contributed by atoms with E-state index in [0.717, 1.165) is 12.8 Å². The van der Waals surface area contributed by atoms with Gasteiger partial charge in [0.25, 0.3) is 0 Å². The summed E-state index contributed by atoms with van der Waals surface area (Å²) in [7, 11) is 0. The maximum absolute atomic E-state index is 2.72. The van der Waals surface area contributed by atoms with E-state index in [4.69, 9.17) is 0 Å². The fourth-order valence-corrected chi connectivity index (χ4v) is 13.6. The molecule has 7 aromatic carbocycles. The molecule has 0 saturated carbocycles.